The van der Waals surface area contributed by atoms with Crippen molar-refractivity contribution < 1.29 is 29.3 Å². The maximum Gasteiger partial charge on any atom is 0.323 e. The molecule has 3 N–H and O–H groups in total. The van der Waals surface area contributed by atoms with Gasteiger partial charge >= 0.3 is 17.9 Å². The van der Waals surface area contributed by atoms with Crippen LogP contribution in [0.2, 0.25) is 0 Å². The Balaban J connectivity index is 2.70. The van der Waals surface area contributed by atoms with Gasteiger partial charge in [0.25, 0.3) is 0 Å². The van der Waals surface area contributed by atoms with E-state index in [-0.39, 0.29) is 12.5 Å². The van der Waals surface area contributed by atoms with Crippen molar-refractivity contribution >= 4 is 17.9 Å². The topological polar surface area (TPSA) is 113 Å². The van der Waals surface area contributed by atoms with Gasteiger partial charge in [-0.15, -0.1) is 0 Å². The van der Waals surface area contributed by atoms with E-state index in [0.29, 0.717) is 0 Å². The number of rotatable bonds is 9. The largest absolute Gasteiger partial charge is 0.481 e. The molecule has 1 unspecified atom stereocenters. The molecule has 126 valence electrons. The number of ether oxygens (including phenoxy) is 1. The molecule has 0 heterocycles. The number of carboxylic acids is 2. The third-order valence-corrected chi connectivity index (χ3v) is 3.20. The van der Waals surface area contributed by atoms with Gasteiger partial charge in [-0.2, -0.15) is 0 Å². The van der Waals surface area contributed by atoms with E-state index < -0.39 is 36.4 Å². The van der Waals surface area contributed by atoms with Crippen LogP contribution >= 0.6 is 0 Å². The van der Waals surface area contributed by atoms with Gasteiger partial charge in [-0.3, -0.25) is 19.7 Å². The quantitative estimate of drug-likeness (QED) is 0.586. The zero-order valence-electron chi connectivity index (χ0n) is 13.1. The smallest absolute Gasteiger partial charge is 0.323 e. The van der Waals surface area contributed by atoms with Crippen molar-refractivity contribution in [3.8, 4) is 0 Å². The monoisotopic (exact) mass is 323 g/mol. The fourth-order valence-electron chi connectivity index (χ4n) is 1.96. The van der Waals surface area contributed by atoms with Crippen LogP contribution in [-0.2, 0) is 25.7 Å². The third-order valence-electron chi connectivity index (χ3n) is 3.20. The molecule has 1 aromatic rings. The highest BCUT2D eigenvalue weighted by molar-refractivity contribution is 5.82. The number of carbonyl (C=O) groups excluding carboxylic acids is 1. The maximum absolute atomic E-state index is 12.2. The van der Waals surface area contributed by atoms with Gasteiger partial charge in [0, 0.05) is 0 Å². The van der Waals surface area contributed by atoms with Crippen molar-refractivity contribution in [3.63, 3.8) is 0 Å². The Morgan fingerprint density at radius 3 is 2.22 bits per heavy atom. The molecule has 0 aliphatic heterocycles. The number of hydrogen-bond donors (Lipinski definition) is 3. The maximum atomic E-state index is 12.2. The SMILES string of the molecule is CC(C)C(N[C@@H](CC(=O)O)C(=O)O)C(=O)OCc1ccccc1. The summed E-state index contributed by atoms with van der Waals surface area (Å²) in [5.74, 6) is -3.45. The van der Waals surface area contributed by atoms with Gasteiger partial charge in [-0.25, -0.2) is 0 Å². The van der Waals surface area contributed by atoms with Crippen LogP contribution in [0, 0.1) is 5.92 Å². The van der Waals surface area contributed by atoms with Gasteiger partial charge in [0.05, 0.1) is 6.42 Å². The molecule has 7 heteroatoms. The minimum atomic E-state index is -1.36. The van der Waals surface area contributed by atoms with Crippen LogP contribution in [0.15, 0.2) is 30.3 Å². The summed E-state index contributed by atoms with van der Waals surface area (Å²) < 4.78 is 5.20. The van der Waals surface area contributed by atoms with Crippen molar-refractivity contribution in [1.29, 1.82) is 0 Å². The Bertz CT molecular complexity index is 543. The second kappa shape index (κ2) is 8.89. The molecular formula is C16H21NO6. The van der Waals surface area contributed by atoms with Crippen LogP contribution < -0.4 is 5.32 Å². The van der Waals surface area contributed by atoms with Gasteiger partial charge in [-0.05, 0) is 11.5 Å². The second-order valence-electron chi connectivity index (χ2n) is 5.47. The van der Waals surface area contributed by atoms with Gasteiger partial charge < -0.3 is 14.9 Å². The molecule has 2 atom stereocenters. The molecule has 0 aliphatic carbocycles. The van der Waals surface area contributed by atoms with Crippen molar-refractivity contribution in [2.75, 3.05) is 0 Å². The van der Waals surface area contributed by atoms with Crippen molar-refractivity contribution in [2.24, 2.45) is 5.92 Å². The van der Waals surface area contributed by atoms with Crippen LogP contribution in [0.1, 0.15) is 25.8 Å². The predicted molar refractivity (Wildman–Crippen MR) is 81.7 cm³/mol. The number of nitrogens with one attached hydrogen (secondary N) is 1. The summed E-state index contributed by atoms with van der Waals surface area (Å²) in [5.41, 5.74) is 0.809. The summed E-state index contributed by atoms with van der Waals surface area (Å²) >= 11 is 0. The van der Waals surface area contributed by atoms with Gasteiger partial charge in [0.1, 0.15) is 18.7 Å². The first-order valence-electron chi connectivity index (χ1n) is 7.22. The van der Waals surface area contributed by atoms with E-state index in [1.54, 1.807) is 26.0 Å². The lowest BCUT2D eigenvalue weighted by Crippen LogP contribution is -2.51. The van der Waals surface area contributed by atoms with E-state index in [1.165, 1.54) is 0 Å². The lowest BCUT2D eigenvalue weighted by atomic mass is 10.0. The van der Waals surface area contributed by atoms with Crippen LogP contribution in [0.4, 0.5) is 0 Å². The zero-order chi connectivity index (χ0) is 17.4. The molecule has 0 saturated heterocycles. The Morgan fingerprint density at radius 2 is 1.74 bits per heavy atom. The summed E-state index contributed by atoms with van der Waals surface area (Å²) in [7, 11) is 0. The normalized spacial score (nSPS) is 13.3. The molecule has 1 rings (SSSR count). The summed E-state index contributed by atoms with van der Waals surface area (Å²) in [4.78, 5) is 34.0. The lowest BCUT2D eigenvalue weighted by Gasteiger charge is -2.24. The molecule has 0 amide bonds. The molecule has 0 spiro atoms. The molecule has 0 saturated carbocycles. The minimum Gasteiger partial charge on any atom is -0.481 e. The average Bonchev–Trinajstić information content (AvgIpc) is 2.49. The van der Waals surface area contributed by atoms with Gasteiger partial charge in [-0.1, -0.05) is 44.2 Å². The molecular weight excluding hydrogens is 302 g/mol. The number of carbonyl (C=O) groups is 3. The highest BCUT2D eigenvalue weighted by atomic mass is 16.5. The third kappa shape index (κ3) is 6.48. The Morgan fingerprint density at radius 1 is 1.13 bits per heavy atom. The molecule has 0 fully saturated rings. The highest BCUT2D eigenvalue weighted by Gasteiger charge is 2.30. The van der Waals surface area contributed by atoms with Crippen molar-refractivity contribution in [1.82, 2.24) is 5.32 Å². The summed E-state index contributed by atoms with van der Waals surface area (Å²) in [5, 5.41) is 20.4. The average molecular weight is 323 g/mol. The Labute approximate surface area is 134 Å². The van der Waals surface area contributed by atoms with E-state index in [4.69, 9.17) is 14.9 Å². The van der Waals surface area contributed by atoms with E-state index in [9.17, 15) is 14.4 Å². The summed E-state index contributed by atoms with van der Waals surface area (Å²) in [6, 6.07) is 6.81. The van der Waals surface area contributed by atoms with E-state index >= 15 is 0 Å². The van der Waals surface area contributed by atoms with Gasteiger partial charge in [0.2, 0.25) is 0 Å². The first-order chi connectivity index (χ1) is 10.8. The fourth-order valence-corrected chi connectivity index (χ4v) is 1.96. The fraction of sp³-hybridized carbons (Fsp3) is 0.438. The number of hydrogen-bond acceptors (Lipinski definition) is 5. The minimum absolute atomic E-state index is 0.0707. The number of benzene rings is 1. The van der Waals surface area contributed by atoms with Crippen LogP contribution in [-0.4, -0.2) is 40.2 Å². The molecule has 1 aromatic carbocycles. The molecule has 0 radical (unpaired) electrons. The molecule has 7 nitrogen and oxygen atoms in total. The Kier molecular flexibility index (Phi) is 7.21. The second-order valence-corrected chi connectivity index (χ2v) is 5.47. The number of esters is 1. The van der Waals surface area contributed by atoms with Crippen molar-refractivity contribution in [3.05, 3.63) is 35.9 Å². The van der Waals surface area contributed by atoms with Crippen LogP contribution in [0.25, 0.3) is 0 Å². The van der Waals surface area contributed by atoms with Gasteiger partial charge in [0.15, 0.2) is 0 Å². The first-order valence-corrected chi connectivity index (χ1v) is 7.22. The van der Waals surface area contributed by atoms with E-state index in [1.807, 2.05) is 18.2 Å². The lowest BCUT2D eigenvalue weighted by molar-refractivity contribution is -0.152. The summed E-state index contributed by atoms with van der Waals surface area (Å²) in [6.07, 6.45) is -0.621. The molecule has 0 aliphatic rings. The summed E-state index contributed by atoms with van der Waals surface area (Å²) in [6.45, 7) is 3.52. The number of carboxylic acid groups (broad SMARTS) is 2. The number of aliphatic carboxylic acids is 2. The van der Waals surface area contributed by atoms with Crippen molar-refractivity contribution in [2.45, 2.75) is 39.0 Å². The first kappa shape index (κ1) is 18.6. The van der Waals surface area contributed by atoms with E-state index in [2.05, 4.69) is 5.32 Å². The molecule has 23 heavy (non-hydrogen) atoms. The molecule has 0 aromatic heterocycles. The Hall–Kier alpha value is -2.41. The highest BCUT2D eigenvalue weighted by Crippen LogP contribution is 2.09. The van der Waals surface area contributed by atoms with Crippen LogP contribution in [0.5, 0.6) is 0 Å². The standard InChI is InChI=1S/C16H21NO6/c1-10(2)14(17-12(15(20)21)8-13(18)19)16(22)23-9-11-6-4-3-5-7-11/h3-7,10,12,14,17H,8-9H2,1-2H3,(H,18,19)(H,20,21)/t12-,14?/m0/s1. The molecule has 0 bridgehead atoms. The van der Waals surface area contributed by atoms with E-state index in [0.717, 1.165) is 5.56 Å². The zero-order valence-corrected chi connectivity index (χ0v) is 13.1. The van der Waals surface area contributed by atoms with Crippen LogP contribution in [0.3, 0.4) is 0 Å². The predicted octanol–water partition coefficient (Wildman–Crippen LogP) is 1.27.